The molecule has 41 heavy (non-hydrogen) atoms. The fourth-order valence-electron chi connectivity index (χ4n) is 4.18. The number of hydrogen-bond acceptors (Lipinski definition) is 6. The first kappa shape index (κ1) is 31.4. The first-order valence-corrected chi connectivity index (χ1v) is 13.4. The van der Waals surface area contributed by atoms with Crippen LogP contribution in [0, 0.1) is 5.92 Å². The fraction of sp³-hybridized carbons (Fsp3) is 0.519. The minimum atomic E-state index is -4.55. The predicted octanol–water partition coefficient (Wildman–Crippen LogP) is 1.98. The third-order valence-electron chi connectivity index (χ3n) is 6.79. The molecule has 224 valence electrons. The van der Waals surface area contributed by atoms with Gasteiger partial charge in [-0.3, -0.25) is 23.9 Å². The van der Waals surface area contributed by atoms with Crippen molar-refractivity contribution in [1.29, 1.82) is 0 Å². The third kappa shape index (κ3) is 8.69. The highest BCUT2D eigenvalue weighted by atomic mass is 19.4. The number of aromatic nitrogens is 2. The van der Waals surface area contributed by atoms with Gasteiger partial charge >= 0.3 is 6.18 Å². The number of fused-ring (bicyclic) bond motifs is 1. The van der Waals surface area contributed by atoms with E-state index in [9.17, 15) is 32.3 Å². The number of ether oxygens (including phenoxy) is 1. The lowest BCUT2D eigenvalue weighted by Gasteiger charge is -2.29. The molecule has 2 heterocycles. The molecule has 0 saturated heterocycles. The summed E-state index contributed by atoms with van der Waals surface area (Å²) in [5.41, 5.74) is -0.868. The Bertz CT molecular complexity index is 1230. The minimum absolute atomic E-state index is 0.0481. The monoisotopic (exact) mass is 580 g/mol. The number of carbonyl (C=O) groups is 4. The number of benzene rings is 1. The van der Waals surface area contributed by atoms with E-state index in [1.165, 1.54) is 17.2 Å². The van der Waals surface area contributed by atoms with Crippen LogP contribution in [0.25, 0.3) is 0 Å². The number of aryl methyl sites for hydroxylation is 1. The maximum absolute atomic E-state index is 13.2. The van der Waals surface area contributed by atoms with E-state index in [1.54, 1.807) is 25.2 Å². The van der Waals surface area contributed by atoms with Crippen molar-refractivity contribution in [1.82, 2.24) is 30.6 Å². The number of carbonyl (C=O) groups excluding carboxylic acids is 4. The van der Waals surface area contributed by atoms with Crippen molar-refractivity contribution in [2.45, 2.75) is 57.9 Å². The van der Waals surface area contributed by atoms with Gasteiger partial charge in [-0.15, -0.1) is 0 Å². The van der Waals surface area contributed by atoms with Crippen LogP contribution < -0.4 is 20.7 Å². The van der Waals surface area contributed by atoms with Crippen molar-refractivity contribution in [2.24, 2.45) is 5.92 Å². The number of halogens is 3. The van der Waals surface area contributed by atoms with Crippen molar-refractivity contribution in [3.8, 4) is 5.75 Å². The largest absolute Gasteiger partial charge is 0.491 e. The molecule has 0 unspecified atom stereocenters. The number of rotatable bonds is 7. The second-order valence-corrected chi connectivity index (χ2v) is 9.87. The van der Waals surface area contributed by atoms with Crippen LogP contribution >= 0.6 is 0 Å². The molecule has 0 saturated carbocycles. The molecule has 0 radical (unpaired) electrons. The second kappa shape index (κ2) is 14.0. The van der Waals surface area contributed by atoms with Gasteiger partial charge in [0, 0.05) is 26.3 Å². The average molecular weight is 581 g/mol. The molecule has 4 amide bonds. The van der Waals surface area contributed by atoms with E-state index in [4.69, 9.17) is 4.74 Å². The van der Waals surface area contributed by atoms with Crippen LogP contribution in [0.5, 0.6) is 5.75 Å². The highest BCUT2D eigenvalue weighted by Crippen LogP contribution is 2.27. The third-order valence-corrected chi connectivity index (χ3v) is 6.79. The quantitative estimate of drug-likeness (QED) is 0.429. The summed E-state index contributed by atoms with van der Waals surface area (Å²) in [5.74, 6) is -2.16. The summed E-state index contributed by atoms with van der Waals surface area (Å²) in [4.78, 5) is 53.9. The lowest BCUT2D eigenvalue weighted by atomic mass is 9.97. The van der Waals surface area contributed by atoms with Crippen molar-refractivity contribution in [2.75, 3.05) is 26.7 Å². The average Bonchev–Trinajstić information content (AvgIpc) is 3.42. The number of nitrogens with zero attached hydrogens (tertiary/aromatic N) is 3. The summed E-state index contributed by atoms with van der Waals surface area (Å²) in [6.45, 7) is 4.18. The van der Waals surface area contributed by atoms with Crippen LogP contribution in [0.15, 0.2) is 36.5 Å². The Morgan fingerprint density at radius 2 is 1.93 bits per heavy atom. The number of para-hydroxylation sites is 1. The molecule has 0 spiro atoms. The summed E-state index contributed by atoms with van der Waals surface area (Å²) in [5, 5.41) is 11.4. The molecule has 3 N–H and O–H groups in total. The fourth-order valence-corrected chi connectivity index (χ4v) is 4.18. The van der Waals surface area contributed by atoms with Gasteiger partial charge in [-0.05, 0) is 30.5 Å². The lowest BCUT2D eigenvalue weighted by molar-refractivity contribution is -0.141. The maximum Gasteiger partial charge on any atom is 0.435 e. The van der Waals surface area contributed by atoms with Crippen molar-refractivity contribution in [3.05, 3.63) is 47.8 Å². The summed E-state index contributed by atoms with van der Waals surface area (Å²) in [6.07, 6.45) is -2.96. The standard InChI is InChI=1S/C27H35F3N6O5/c1-4-17(2)23-26(40)35(3)14-15-41-20-9-6-5-8-18(20)24(38)32-19(16-22(37)33-23)25(39)31-11-7-12-36-13-10-21(34-36)27(28,29)30/h5-6,8-10,13,17,19,23H,4,7,11-12,14-16H2,1-3H3,(H,31,39)(H,32,38)(H,33,37)/t17-,19-,23-/m0/s1. The summed E-state index contributed by atoms with van der Waals surface area (Å²) in [6, 6.07) is 5.12. The van der Waals surface area contributed by atoms with Gasteiger partial charge in [0.1, 0.15) is 24.4 Å². The van der Waals surface area contributed by atoms with Gasteiger partial charge in [0.25, 0.3) is 5.91 Å². The predicted molar refractivity (Wildman–Crippen MR) is 142 cm³/mol. The molecule has 3 rings (SSSR count). The molecule has 14 heteroatoms. The van der Waals surface area contributed by atoms with Crippen LogP contribution in [0.3, 0.4) is 0 Å². The highest BCUT2D eigenvalue weighted by molar-refractivity contribution is 6.01. The maximum atomic E-state index is 13.2. The Labute approximate surface area is 235 Å². The van der Waals surface area contributed by atoms with Gasteiger partial charge in [-0.2, -0.15) is 18.3 Å². The van der Waals surface area contributed by atoms with Gasteiger partial charge in [0.05, 0.1) is 18.5 Å². The Morgan fingerprint density at radius 3 is 2.61 bits per heavy atom. The lowest BCUT2D eigenvalue weighted by Crippen LogP contribution is -2.54. The molecule has 0 bridgehead atoms. The molecule has 1 aliphatic rings. The second-order valence-electron chi connectivity index (χ2n) is 9.87. The van der Waals surface area contributed by atoms with Gasteiger partial charge in [-0.25, -0.2) is 0 Å². The van der Waals surface area contributed by atoms with E-state index in [1.807, 2.05) is 13.8 Å². The van der Waals surface area contributed by atoms with Crippen LogP contribution in [-0.2, 0) is 27.1 Å². The Hall–Kier alpha value is -4.10. The Balaban J connectivity index is 1.75. The molecule has 0 aliphatic carbocycles. The molecule has 1 aromatic carbocycles. The van der Waals surface area contributed by atoms with Crippen molar-refractivity contribution < 1.29 is 37.1 Å². The van der Waals surface area contributed by atoms with Crippen LogP contribution in [0.4, 0.5) is 13.2 Å². The number of likely N-dealkylation sites (N-methyl/N-ethyl adjacent to an activating group) is 1. The number of amides is 4. The first-order chi connectivity index (χ1) is 19.4. The zero-order valence-electron chi connectivity index (χ0n) is 23.2. The molecule has 1 aliphatic heterocycles. The summed E-state index contributed by atoms with van der Waals surface area (Å²) in [7, 11) is 1.60. The highest BCUT2D eigenvalue weighted by Gasteiger charge is 2.34. The number of hydrogen-bond donors (Lipinski definition) is 3. The zero-order chi connectivity index (χ0) is 30.2. The molecular weight excluding hydrogens is 545 g/mol. The van der Waals surface area contributed by atoms with E-state index >= 15 is 0 Å². The van der Waals surface area contributed by atoms with E-state index < -0.39 is 48.1 Å². The Morgan fingerprint density at radius 1 is 1.20 bits per heavy atom. The van der Waals surface area contributed by atoms with Crippen LogP contribution in [0.1, 0.15) is 49.2 Å². The normalized spacial score (nSPS) is 19.8. The Kier molecular flexibility index (Phi) is 10.7. The summed E-state index contributed by atoms with van der Waals surface area (Å²) < 4.78 is 45.2. The van der Waals surface area contributed by atoms with Crippen LogP contribution in [-0.4, -0.2) is 77.1 Å². The SMILES string of the molecule is CC[C@H](C)[C@@H]1NC(=O)C[C@@H](C(=O)NCCCn2ccc(C(F)(F)F)n2)NC(=O)c2ccccc2OCCN(C)C1=O. The van der Waals surface area contributed by atoms with Gasteiger partial charge in [0.2, 0.25) is 17.7 Å². The van der Waals surface area contributed by atoms with E-state index in [-0.39, 0.29) is 55.8 Å². The molecule has 2 aromatic rings. The van der Waals surface area contributed by atoms with E-state index in [0.29, 0.717) is 6.42 Å². The molecule has 0 fully saturated rings. The molecular formula is C27H35F3N6O5. The summed E-state index contributed by atoms with van der Waals surface area (Å²) >= 11 is 0. The van der Waals surface area contributed by atoms with E-state index in [2.05, 4.69) is 21.0 Å². The molecule has 11 nitrogen and oxygen atoms in total. The topological polar surface area (TPSA) is 135 Å². The van der Waals surface area contributed by atoms with Crippen molar-refractivity contribution in [3.63, 3.8) is 0 Å². The molecule has 1 aromatic heterocycles. The molecule has 3 atom stereocenters. The van der Waals surface area contributed by atoms with Gasteiger partial charge in [0.15, 0.2) is 5.69 Å². The van der Waals surface area contributed by atoms with E-state index in [0.717, 1.165) is 10.7 Å². The van der Waals surface area contributed by atoms with Gasteiger partial charge < -0.3 is 25.6 Å². The number of nitrogens with one attached hydrogen (secondary N) is 3. The minimum Gasteiger partial charge on any atom is -0.491 e. The number of alkyl halides is 3. The zero-order valence-corrected chi connectivity index (χ0v) is 23.2. The van der Waals surface area contributed by atoms with Crippen LogP contribution in [0.2, 0.25) is 0 Å². The van der Waals surface area contributed by atoms with Gasteiger partial charge in [-0.1, -0.05) is 32.4 Å². The van der Waals surface area contributed by atoms with Crippen molar-refractivity contribution >= 4 is 23.6 Å². The first-order valence-electron chi connectivity index (χ1n) is 13.4. The smallest absolute Gasteiger partial charge is 0.435 e.